The van der Waals surface area contributed by atoms with Crippen LogP contribution >= 0.6 is 0 Å². The monoisotopic (exact) mass is 232 g/mol. The summed E-state index contributed by atoms with van der Waals surface area (Å²) in [4.78, 5) is 12.8. The molecule has 1 aromatic rings. The molecule has 4 nitrogen and oxygen atoms in total. The molecule has 1 fully saturated rings. The molecular weight excluding hydrogens is 216 g/mol. The number of rotatable bonds is 3. The molecule has 0 aliphatic carbocycles. The molecule has 0 saturated carbocycles. The van der Waals surface area contributed by atoms with Gasteiger partial charge in [-0.1, -0.05) is 12.1 Å². The molecule has 0 unspecified atom stereocenters. The van der Waals surface area contributed by atoms with Gasteiger partial charge in [0.15, 0.2) is 0 Å². The summed E-state index contributed by atoms with van der Waals surface area (Å²) < 4.78 is 0. The molecular formula is C13H16N2O2. The number of carboxylic acids is 1. The van der Waals surface area contributed by atoms with Gasteiger partial charge in [-0.05, 0) is 23.8 Å². The molecule has 0 amide bonds. The van der Waals surface area contributed by atoms with Crippen molar-refractivity contribution in [2.75, 3.05) is 31.1 Å². The van der Waals surface area contributed by atoms with E-state index in [2.05, 4.69) is 16.3 Å². The largest absolute Gasteiger partial charge is 0.478 e. The van der Waals surface area contributed by atoms with Crippen molar-refractivity contribution >= 4 is 17.7 Å². The summed E-state index contributed by atoms with van der Waals surface area (Å²) in [6.45, 7) is 3.97. The molecule has 1 saturated heterocycles. The van der Waals surface area contributed by atoms with Gasteiger partial charge < -0.3 is 15.3 Å². The van der Waals surface area contributed by atoms with Crippen LogP contribution < -0.4 is 10.2 Å². The summed E-state index contributed by atoms with van der Waals surface area (Å²) in [6.07, 6.45) is 2.78. The van der Waals surface area contributed by atoms with E-state index in [0.717, 1.165) is 43.5 Å². The van der Waals surface area contributed by atoms with Crippen molar-refractivity contribution in [3.8, 4) is 0 Å². The number of hydrogen-bond donors (Lipinski definition) is 2. The molecule has 2 rings (SSSR count). The molecule has 2 N–H and O–H groups in total. The zero-order valence-corrected chi connectivity index (χ0v) is 9.60. The Labute approximate surface area is 101 Å². The number of piperazine rings is 1. The number of hydrogen-bond acceptors (Lipinski definition) is 3. The molecule has 90 valence electrons. The second-order valence-electron chi connectivity index (χ2n) is 4.00. The fourth-order valence-corrected chi connectivity index (χ4v) is 1.92. The molecule has 17 heavy (non-hydrogen) atoms. The van der Waals surface area contributed by atoms with E-state index in [9.17, 15) is 4.79 Å². The van der Waals surface area contributed by atoms with E-state index >= 15 is 0 Å². The first-order valence-corrected chi connectivity index (χ1v) is 5.72. The zero-order chi connectivity index (χ0) is 12.1. The van der Waals surface area contributed by atoms with Crippen LogP contribution in [0.1, 0.15) is 5.56 Å². The molecule has 0 bridgehead atoms. The van der Waals surface area contributed by atoms with Crippen molar-refractivity contribution in [3.05, 3.63) is 35.9 Å². The Morgan fingerprint density at radius 3 is 2.82 bits per heavy atom. The van der Waals surface area contributed by atoms with Gasteiger partial charge in [-0.25, -0.2) is 4.79 Å². The molecule has 0 atom stereocenters. The average molecular weight is 232 g/mol. The minimum absolute atomic E-state index is 0.919. The lowest BCUT2D eigenvalue weighted by molar-refractivity contribution is -0.131. The second-order valence-corrected chi connectivity index (χ2v) is 4.00. The predicted molar refractivity (Wildman–Crippen MR) is 68.2 cm³/mol. The fourth-order valence-electron chi connectivity index (χ4n) is 1.92. The molecule has 4 heteroatoms. The van der Waals surface area contributed by atoms with Crippen LogP contribution in [-0.4, -0.2) is 37.3 Å². The third kappa shape index (κ3) is 3.32. The summed E-state index contributed by atoms with van der Waals surface area (Å²) >= 11 is 0. The quantitative estimate of drug-likeness (QED) is 0.769. The highest BCUT2D eigenvalue weighted by molar-refractivity contribution is 5.85. The molecule has 1 aromatic carbocycles. The molecule has 0 aromatic heterocycles. The van der Waals surface area contributed by atoms with Crippen LogP contribution in [0.15, 0.2) is 30.3 Å². The number of aliphatic carboxylic acids is 1. The Morgan fingerprint density at radius 1 is 1.35 bits per heavy atom. The van der Waals surface area contributed by atoms with Crippen molar-refractivity contribution < 1.29 is 9.90 Å². The third-order valence-corrected chi connectivity index (χ3v) is 2.77. The van der Waals surface area contributed by atoms with Gasteiger partial charge in [0.25, 0.3) is 0 Å². The second kappa shape index (κ2) is 5.50. The van der Waals surface area contributed by atoms with Crippen molar-refractivity contribution in [1.82, 2.24) is 5.32 Å². The van der Waals surface area contributed by atoms with Crippen molar-refractivity contribution in [3.63, 3.8) is 0 Å². The maximum absolute atomic E-state index is 10.5. The summed E-state index contributed by atoms with van der Waals surface area (Å²) in [6, 6.07) is 7.94. The highest BCUT2D eigenvalue weighted by Crippen LogP contribution is 2.17. The average Bonchev–Trinajstić information content (AvgIpc) is 2.38. The van der Waals surface area contributed by atoms with Crippen LogP contribution in [0.3, 0.4) is 0 Å². The third-order valence-electron chi connectivity index (χ3n) is 2.77. The van der Waals surface area contributed by atoms with Gasteiger partial charge in [-0.2, -0.15) is 0 Å². The maximum atomic E-state index is 10.5. The smallest absolute Gasteiger partial charge is 0.328 e. The van der Waals surface area contributed by atoms with Gasteiger partial charge in [0, 0.05) is 37.9 Å². The Balaban J connectivity index is 2.12. The van der Waals surface area contributed by atoms with Gasteiger partial charge in [0.2, 0.25) is 0 Å². The van der Waals surface area contributed by atoms with Crippen LogP contribution in [0.4, 0.5) is 5.69 Å². The first-order chi connectivity index (χ1) is 8.25. The van der Waals surface area contributed by atoms with Crippen LogP contribution in [-0.2, 0) is 4.79 Å². The van der Waals surface area contributed by atoms with Gasteiger partial charge >= 0.3 is 5.97 Å². The van der Waals surface area contributed by atoms with Crippen LogP contribution in [0.5, 0.6) is 0 Å². The minimum Gasteiger partial charge on any atom is -0.478 e. The number of carboxylic acid groups (broad SMARTS) is 1. The molecule has 1 heterocycles. The van der Waals surface area contributed by atoms with E-state index in [0.29, 0.717) is 0 Å². The lowest BCUT2D eigenvalue weighted by Gasteiger charge is -2.29. The van der Waals surface area contributed by atoms with Gasteiger partial charge in [-0.15, -0.1) is 0 Å². The van der Waals surface area contributed by atoms with Gasteiger partial charge in [0.1, 0.15) is 0 Å². The SMILES string of the molecule is O=C(O)C=Cc1cccc(N2CCNCC2)c1. The summed E-state index contributed by atoms with van der Waals surface area (Å²) in [7, 11) is 0. The number of nitrogens with zero attached hydrogens (tertiary/aromatic N) is 1. The Hall–Kier alpha value is -1.81. The van der Waals surface area contributed by atoms with Crippen molar-refractivity contribution in [1.29, 1.82) is 0 Å². The molecule has 1 aliphatic rings. The summed E-state index contributed by atoms with van der Waals surface area (Å²) in [5.41, 5.74) is 2.07. The topological polar surface area (TPSA) is 52.6 Å². The predicted octanol–water partition coefficient (Wildman–Crippen LogP) is 1.19. The highest BCUT2D eigenvalue weighted by Gasteiger charge is 2.09. The van der Waals surface area contributed by atoms with E-state index in [4.69, 9.17) is 5.11 Å². The van der Waals surface area contributed by atoms with E-state index in [1.54, 1.807) is 6.08 Å². The zero-order valence-electron chi connectivity index (χ0n) is 9.60. The summed E-state index contributed by atoms with van der Waals surface area (Å²) in [5.74, 6) is -0.919. The molecule has 0 radical (unpaired) electrons. The summed E-state index contributed by atoms with van der Waals surface area (Å²) in [5, 5.41) is 11.9. The fraction of sp³-hybridized carbons (Fsp3) is 0.308. The minimum atomic E-state index is -0.919. The van der Waals surface area contributed by atoms with Crippen LogP contribution in [0.25, 0.3) is 6.08 Å². The lowest BCUT2D eigenvalue weighted by Crippen LogP contribution is -2.43. The Morgan fingerprint density at radius 2 is 2.12 bits per heavy atom. The first kappa shape index (κ1) is 11.7. The van der Waals surface area contributed by atoms with Crippen LogP contribution in [0.2, 0.25) is 0 Å². The number of carbonyl (C=O) groups is 1. The Kier molecular flexibility index (Phi) is 3.77. The van der Waals surface area contributed by atoms with E-state index in [1.807, 2.05) is 18.2 Å². The van der Waals surface area contributed by atoms with Crippen molar-refractivity contribution in [2.45, 2.75) is 0 Å². The maximum Gasteiger partial charge on any atom is 0.328 e. The number of benzene rings is 1. The highest BCUT2D eigenvalue weighted by atomic mass is 16.4. The Bertz CT molecular complexity index is 423. The molecule has 1 aliphatic heterocycles. The van der Waals surface area contributed by atoms with Gasteiger partial charge in [-0.3, -0.25) is 0 Å². The van der Waals surface area contributed by atoms with Crippen molar-refractivity contribution in [2.24, 2.45) is 0 Å². The molecule has 0 spiro atoms. The van der Waals surface area contributed by atoms with Gasteiger partial charge in [0.05, 0.1) is 0 Å². The number of anilines is 1. The van der Waals surface area contributed by atoms with E-state index < -0.39 is 5.97 Å². The van der Waals surface area contributed by atoms with Crippen LogP contribution in [0, 0.1) is 0 Å². The lowest BCUT2D eigenvalue weighted by atomic mass is 10.1. The standard InChI is InChI=1S/C13H16N2O2/c16-13(17)5-4-11-2-1-3-12(10-11)15-8-6-14-7-9-15/h1-5,10,14H,6-9H2,(H,16,17). The first-order valence-electron chi connectivity index (χ1n) is 5.72. The number of nitrogens with one attached hydrogen (secondary N) is 1. The van der Waals surface area contributed by atoms with E-state index in [1.165, 1.54) is 0 Å². The normalized spacial score (nSPS) is 16.4. The van der Waals surface area contributed by atoms with E-state index in [-0.39, 0.29) is 0 Å².